The first kappa shape index (κ1) is 26.2. The standard InChI is InChI=1S/C20H32ClNO2.C2H2O4/c1-4-5-6-11-22-12-9-17(20(15-22)23-3)10-13-24-18-7-8-19(21)16(2)14-18;3-1(4)2(5)6/h7-8,14,17,20H,4-6,9-13,15H2,1-3H3;(H,3,4)(H,5,6)/t17-,20-;/m0./s1. The minimum absolute atomic E-state index is 0.330. The van der Waals surface area contributed by atoms with Crippen LogP contribution in [0, 0.1) is 12.8 Å². The van der Waals surface area contributed by atoms with Gasteiger partial charge in [0.25, 0.3) is 0 Å². The van der Waals surface area contributed by atoms with Crippen LogP contribution in [0.15, 0.2) is 18.2 Å². The Bertz CT molecular complexity index is 657. The predicted molar refractivity (Wildman–Crippen MR) is 116 cm³/mol. The van der Waals surface area contributed by atoms with Gasteiger partial charge in [0, 0.05) is 18.7 Å². The van der Waals surface area contributed by atoms with Gasteiger partial charge in [0.05, 0.1) is 12.7 Å². The molecule has 0 unspecified atom stereocenters. The number of hydrogen-bond donors (Lipinski definition) is 2. The van der Waals surface area contributed by atoms with Gasteiger partial charge in [-0.3, -0.25) is 0 Å². The van der Waals surface area contributed by atoms with E-state index in [2.05, 4.69) is 11.8 Å². The third-order valence-electron chi connectivity index (χ3n) is 5.23. The van der Waals surface area contributed by atoms with E-state index >= 15 is 0 Å². The largest absolute Gasteiger partial charge is 0.494 e. The molecule has 8 heteroatoms. The van der Waals surface area contributed by atoms with Crippen LogP contribution in [0.25, 0.3) is 0 Å². The van der Waals surface area contributed by atoms with Crippen molar-refractivity contribution in [3.05, 3.63) is 28.8 Å². The zero-order chi connectivity index (χ0) is 22.5. The van der Waals surface area contributed by atoms with Crippen LogP contribution in [-0.4, -0.2) is 66.5 Å². The number of carbonyl (C=O) groups is 2. The van der Waals surface area contributed by atoms with Crippen molar-refractivity contribution in [2.24, 2.45) is 5.92 Å². The van der Waals surface area contributed by atoms with E-state index in [9.17, 15) is 0 Å². The second-order valence-electron chi connectivity index (χ2n) is 7.49. The molecular formula is C22H34ClNO6. The summed E-state index contributed by atoms with van der Waals surface area (Å²) in [6.45, 7) is 8.46. The third-order valence-corrected chi connectivity index (χ3v) is 5.65. The van der Waals surface area contributed by atoms with Gasteiger partial charge < -0.3 is 24.6 Å². The Morgan fingerprint density at radius 3 is 2.50 bits per heavy atom. The average molecular weight is 444 g/mol. The van der Waals surface area contributed by atoms with E-state index in [1.165, 1.54) is 38.8 Å². The summed E-state index contributed by atoms with van der Waals surface area (Å²) < 4.78 is 11.7. The number of aliphatic carboxylic acids is 2. The lowest BCUT2D eigenvalue weighted by Crippen LogP contribution is -2.45. The van der Waals surface area contributed by atoms with E-state index in [0.29, 0.717) is 12.0 Å². The molecule has 0 spiro atoms. The van der Waals surface area contributed by atoms with Crippen LogP contribution in [-0.2, 0) is 14.3 Å². The molecule has 0 radical (unpaired) electrons. The van der Waals surface area contributed by atoms with E-state index in [0.717, 1.165) is 35.9 Å². The highest BCUT2D eigenvalue weighted by molar-refractivity contribution is 6.31. The van der Waals surface area contributed by atoms with Crippen molar-refractivity contribution in [3.8, 4) is 5.75 Å². The van der Waals surface area contributed by atoms with E-state index in [1.54, 1.807) is 0 Å². The van der Waals surface area contributed by atoms with Crippen LogP contribution in [0.4, 0.5) is 0 Å². The summed E-state index contributed by atoms with van der Waals surface area (Å²) >= 11 is 6.06. The molecule has 2 atom stereocenters. The predicted octanol–water partition coefficient (Wildman–Crippen LogP) is 4.10. The highest BCUT2D eigenvalue weighted by Crippen LogP contribution is 2.25. The number of carboxylic acids is 2. The number of carboxylic acid groups (broad SMARTS) is 2. The molecule has 0 bridgehead atoms. The van der Waals surface area contributed by atoms with Crippen molar-refractivity contribution in [3.63, 3.8) is 0 Å². The van der Waals surface area contributed by atoms with Crippen LogP contribution < -0.4 is 4.74 Å². The Labute approximate surface area is 183 Å². The molecule has 1 aliphatic rings. The normalized spacial score (nSPS) is 18.9. The van der Waals surface area contributed by atoms with Gasteiger partial charge in [-0.15, -0.1) is 0 Å². The first-order valence-corrected chi connectivity index (χ1v) is 10.8. The molecule has 2 N–H and O–H groups in total. The van der Waals surface area contributed by atoms with Crippen molar-refractivity contribution in [1.29, 1.82) is 0 Å². The van der Waals surface area contributed by atoms with Crippen molar-refractivity contribution in [2.75, 3.05) is 33.4 Å². The molecule has 2 rings (SSSR count). The fourth-order valence-electron chi connectivity index (χ4n) is 3.45. The molecule has 30 heavy (non-hydrogen) atoms. The fraction of sp³-hybridized carbons (Fsp3) is 0.636. The average Bonchev–Trinajstić information content (AvgIpc) is 2.72. The Balaban J connectivity index is 0.000000656. The van der Waals surface area contributed by atoms with Gasteiger partial charge in [-0.25, -0.2) is 9.59 Å². The second kappa shape index (κ2) is 14.2. The number of aryl methyl sites for hydroxylation is 1. The van der Waals surface area contributed by atoms with E-state index in [1.807, 2.05) is 32.2 Å². The molecule has 7 nitrogen and oxygen atoms in total. The van der Waals surface area contributed by atoms with E-state index in [-0.39, 0.29) is 0 Å². The smallest absolute Gasteiger partial charge is 0.414 e. The lowest BCUT2D eigenvalue weighted by Gasteiger charge is -2.37. The summed E-state index contributed by atoms with van der Waals surface area (Å²) in [6.07, 6.45) is 6.49. The molecule has 170 valence electrons. The summed E-state index contributed by atoms with van der Waals surface area (Å²) in [5.41, 5.74) is 1.06. The molecule has 1 fully saturated rings. The minimum Gasteiger partial charge on any atom is -0.494 e. The molecule has 0 amide bonds. The maximum absolute atomic E-state index is 9.10. The number of halogens is 1. The minimum atomic E-state index is -1.82. The number of likely N-dealkylation sites (tertiary alicyclic amines) is 1. The number of hydrogen-bond acceptors (Lipinski definition) is 5. The van der Waals surface area contributed by atoms with Crippen LogP contribution in [0.5, 0.6) is 5.75 Å². The number of unbranched alkanes of at least 4 members (excludes halogenated alkanes) is 2. The van der Waals surface area contributed by atoms with Crippen LogP contribution in [0.3, 0.4) is 0 Å². The fourth-order valence-corrected chi connectivity index (χ4v) is 3.57. The van der Waals surface area contributed by atoms with Crippen molar-refractivity contribution in [2.45, 2.75) is 52.1 Å². The lowest BCUT2D eigenvalue weighted by atomic mass is 9.90. The second-order valence-corrected chi connectivity index (χ2v) is 7.90. The quantitative estimate of drug-likeness (QED) is 0.438. The van der Waals surface area contributed by atoms with Crippen LogP contribution in [0.1, 0.15) is 44.6 Å². The molecule has 0 aromatic heterocycles. The summed E-state index contributed by atoms with van der Waals surface area (Å²) in [5, 5.41) is 15.6. The van der Waals surface area contributed by atoms with Gasteiger partial charge in [-0.1, -0.05) is 31.4 Å². The van der Waals surface area contributed by atoms with E-state index in [4.69, 9.17) is 40.9 Å². The number of methoxy groups -OCH3 is 1. The summed E-state index contributed by atoms with van der Waals surface area (Å²) in [6, 6.07) is 5.85. The van der Waals surface area contributed by atoms with Gasteiger partial charge in [0.15, 0.2) is 0 Å². The number of ether oxygens (including phenoxy) is 2. The maximum Gasteiger partial charge on any atom is 0.414 e. The van der Waals surface area contributed by atoms with Crippen molar-refractivity contribution >= 4 is 23.5 Å². The Hall–Kier alpha value is -1.83. The first-order valence-electron chi connectivity index (χ1n) is 10.4. The lowest BCUT2D eigenvalue weighted by molar-refractivity contribution is -0.159. The van der Waals surface area contributed by atoms with E-state index < -0.39 is 11.9 Å². The van der Waals surface area contributed by atoms with Gasteiger partial charge >= 0.3 is 11.9 Å². The maximum atomic E-state index is 9.10. The molecule has 1 saturated heterocycles. The Morgan fingerprint density at radius 2 is 1.93 bits per heavy atom. The molecule has 1 heterocycles. The summed E-state index contributed by atoms with van der Waals surface area (Å²) in [5.74, 6) is -2.15. The molecule has 0 saturated carbocycles. The summed E-state index contributed by atoms with van der Waals surface area (Å²) in [7, 11) is 1.84. The van der Waals surface area contributed by atoms with Gasteiger partial charge in [-0.05, 0) is 69.0 Å². The molecule has 1 aliphatic heterocycles. The number of rotatable bonds is 9. The molecule has 1 aromatic rings. The van der Waals surface area contributed by atoms with Crippen LogP contribution in [0.2, 0.25) is 5.02 Å². The van der Waals surface area contributed by atoms with Crippen molar-refractivity contribution < 1.29 is 29.3 Å². The highest BCUT2D eigenvalue weighted by Gasteiger charge is 2.28. The zero-order valence-electron chi connectivity index (χ0n) is 18.1. The molecule has 1 aromatic carbocycles. The number of nitrogens with zero attached hydrogens (tertiary/aromatic N) is 1. The van der Waals surface area contributed by atoms with Gasteiger partial charge in [0.1, 0.15) is 5.75 Å². The van der Waals surface area contributed by atoms with Crippen molar-refractivity contribution in [1.82, 2.24) is 4.90 Å². The number of benzene rings is 1. The van der Waals surface area contributed by atoms with Crippen LogP contribution >= 0.6 is 11.6 Å². The SMILES string of the molecule is CCCCCN1CC[C@@H](CCOc2ccc(Cl)c(C)c2)[C@@H](OC)C1.O=C(O)C(=O)O. The molecular weight excluding hydrogens is 410 g/mol. The zero-order valence-corrected chi connectivity index (χ0v) is 18.9. The van der Waals surface area contributed by atoms with Gasteiger partial charge in [-0.2, -0.15) is 0 Å². The van der Waals surface area contributed by atoms with Gasteiger partial charge in [0.2, 0.25) is 0 Å². The monoisotopic (exact) mass is 443 g/mol. The number of piperidine rings is 1. The topological polar surface area (TPSA) is 96.3 Å². The Kier molecular flexibility index (Phi) is 12.4. The summed E-state index contributed by atoms with van der Waals surface area (Å²) in [4.78, 5) is 20.8. The molecule has 0 aliphatic carbocycles. The third kappa shape index (κ3) is 9.78. The highest BCUT2D eigenvalue weighted by atomic mass is 35.5. The first-order chi connectivity index (χ1) is 14.3. The Morgan fingerprint density at radius 1 is 1.23 bits per heavy atom.